The van der Waals surface area contributed by atoms with E-state index >= 15 is 0 Å². The average Bonchev–Trinajstić information content (AvgIpc) is 2.29. The molecule has 0 aromatic heterocycles. The smallest absolute Gasteiger partial charge is 0.311 e. The molecule has 86 valence electrons. The Labute approximate surface area is 91.9 Å². The van der Waals surface area contributed by atoms with E-state index in [1.807, 2.05) is 0 Å². The SMILES string of the molecule is CCOCOc1cc(C=O)ccc1[N+](=O)[O-]. The number of hydrogen-bond donors (Lipinski definition) is 0. The molecule has 0 aliphatic carbocycles. The van der Waals surface area contributed by atoms with Gasteiger partial charge < -0.3 is 9.47 Å². The lowest BCUT2D eigenvalue weighted by atomic mass is 10.2. The van der Waals surface area contributed by atoms with Crippen LogP contribution in [0.4, 0.5) is 5.69 Å². The molecule has 1 rings (SSSR count). The van der Waals surface area contributed by atoms with Crippen LogP contribution in [0.15, 0.2) is 18.2 Å². The van der Waals surface area contributed by atoms with Crippen molar-refractivity contribution in [1.29, 1.82) is 0 Å². The fraction of sp³-hybridized carbons (Fsp3) is 0.300. The molecule has 0 aliphatic rings. The van der Waals surface area contributed by atoms with Crippen molar-refractivity contribution in [2.75, 3.05) is 13.4 Å². The van der Waals surface area contributed by atoms with Crippen LogP contribution < -0.4 is 4.74 Å². The standard InChI is InChI=1S/C10H11NO5/c1-2-15-7-16-10-5-8(6-12)3-4-9(10)11(13)14/h3-6H,2,7H2,1H3. The van der Waals surface area contributed by atoms with Crippen molar-refractivity contribution in [2.45, 2.75) is 6.92 Å². The number of rotatable bonds is 6. The van der Waals surface area contributed by atoms with Gasteiger partial charge in [-0.25, -0.2) is 0 Å². The number of hydrogen-bond acceptors (Lipinski definition) is 5. The van der Waals surface area contributed by atoms with Gasteiger partial charge >= 0.3 is 5.69 Å². The molecular weight excluding hydrogens is 214 g/mol. The topological polar surface area (TPSA) is 78.7 Å². The molecule has 6 nitrogen and oxygen atoms in total. The molecule has 0 saturated carbocycles. The van der Waals surface area contributed by atoms with E-state index in [9.17, 15) is 14.9 Å². The fourth-order valence-electron chi connectivity index (χ4n) is 1.06. The molecule has 0 aliphatic heterocycles. The van der Waals surface area contributed by atoms with E-state index in [1.54, 1.807) is 6.92 Å². The molecule has 0 bridgehead atoms. The van der Waals surface area contributed by atoms with E-state index in [0.29, 0.717) is 18.5 Å². The molecule has 16 heavy (non-hydrogen) atoms. The lowest BCUT2D eigenvalue weighted by Gasteiger charge is -2.06. The van der Waals surface area contributed by atoms with Gasteiger partial charge in [-0.2, -0.15) is 0 Å². The number of ether oxygens (including phenoxy) is 2. The first-order valence-electron chi connectivity index (χ1n) is 4.63. The van der Waals surface area contributed by atoms with Crippen LogP contribution in [0.1, 0.15) is 17.3 Å². The van der Waals surface area contributed by atoms with E-state index in [4.69, 9.17) is 9.47 Å². The Morgan fingerprint density at radius 2 is 2.25 bits per heavy atom. The molecule has 0 fully saturated rings. The Hall–Kier alpha value is -1.95. The molecule has 0 radical (unpaired) electrons. The lowest BCUT2D eigenvalue weighted by molar-refractivity contribution is -0.386. The van der Waals surface area contributed by atoms with E-state index in [-0.39, 0.29) is 18.2 Å². The van der Waals surface area contributed by atoms with Gasteiger partial charge in [0.15, 0.2) is 6.79 Å². The molecule has 0 atom stereocenters. The lowest BCUT2D eigenvalue weighted by Crippen LogP contribution is -2.04. The molecule has 6 heteroatoms. The first-order valence-corrected chi connectivity index (χ1v) is 4.63. The number of nitro groups is 1. The normalized spacial score (nSPS) is 9.81. The monoisotopic (exact) mass is 225 g/mol. The first-order chi connectivity index (χ1) is 7.69. The number of carbonyl (C=O) groups is 1. The summed E-state index contributed by atoms with van der Waals surface area (Å²) in [5.41, 5.74) is 0.127. The third-order valence-electron chi connectivity index (χ3n) is 1.82. The van der Waals surface area contributed by atoms with Crippen molar-refractivity contribution in [3.63, 3.8) is 0 Å². The number of benzene rings is 1. The van der Waals surface area contributed by atoms with Crippen LogP contribution in [0.5, 0.6) is 5.75 Å². The Balaban J connectivity index is 2.91. The summed E-state index contributed by atoms with van der Waals surface area (Å²) in [6, 6.07) is 3.90. The van der Waals surface area contributed by atoms with E-state index in [2.05, 4.69) is 0 Å². The predicted octanol–water partition coefficient (Wildman–Crippen LogP) is 1.78. The molecule has 1 aromatic rings. The van der Waals surface area contributed by atoms with Gasteiger partial charge in [0.1, 0.15) is 6.29 Å². The van der Waals surface area contributed by atoms with Gasteiger partial charge in [-0.1, -0.05) is 0 Å². The molecule has 0 heterocycles. The van der Waals surface area contributed by atoms with Gasteiger partial charge in [-0.3, -0.25) is 14.9 Å². The Morgan fingerprint density at radius 3 is 2.81 bits per heavy atom. The summed E-state index contributed by atoms with van der Waals surface area (Å²) in [6.07, 6.45) is 0.595. The molecule has 0 unspecified atom stereocenters. The van der Waals surface area contributed by atoms with Crippen LogP contribution in [0.3, 0.4) is 0 Å². The third kappa shape index (κ3) is 3.03. The third-order valence-corrected chi connectivity index (χ3v) is 1.82. The van der Waals surface area contributed by atoms with Crippen LogP contribution in [0, 0.1) is 10.1 Å². The summed E-state index contributed by atoms with van der Waals surface area (Å²) < 4.78 is 9.97. The van der Waals surface area contributed by atoms with Crippen molar-refractivity contribution in [3.05, 3.63) is 33.9 Å². The van der Waals surface area contributed by atoms with Crippen LogP contribution in [0.25, 0.3) is 0 Å². The molecule has 0 amide bonds. The highest BCUT2D eigenvalue weighted by atomic mass is 16.7. The molecule has 1 aromatic carbocycles. The molecule has 0 spiro atoms. The summed E-state index contributed by atoms with van der Waals surface area (Å²) in [7, 11) is 0. The second-order valence-corrected chi connectivity index (χ2v) is 2.86. The minimum absolute atomic E-state index is 0.0306. The molecule has 0 saturated heterocycles. The van der Waals surface area contributed by atoms with Crippen LogP contribution in [-0.2, 0) is 4.74 Å². The van der Waals surface area contributed by atoms with E-state index in [1.165, 1.54) is 18.2 Å². The maximum absolute atomic E-state index is 10.7. The van der Waals surface area contributed by atoms with Crippen LogP contribution in [-0.4, -0.2) is 24.6 Å². The first kappa shape index (κ1) is 12.1. The van der Waals surface area contributed by atoms with Crippen molar-refractivity contribution >= 4 is 12.0 Å². The highest BCUT2D eigenvalue weighted by molar-refractivity contribution is 5.76. The zero-order valence-corrected chi connectivity index (χ0v) is 8.71. The Bertz CT molecular complexity index is 391. The van der Waals surface area contributed by atoms with Gasteiger partial charge in [0.25, 0.3) is 0 Å². The second kappa shape index (κ2) is 5.82. The Kier molecular flexibility index (Phi) is 4.41. The summed E-state index contributed by atoms with van der Waals surface area (Å²) in [6.45, 7) is 2.14. The van der Waals surface area contributed by atoms with Gasteiger partial charge in [0.05, 0.1) is 4.92 Å². The summed E-state index contributed by atoms with van der Waals surface area (Å²) >= 11 is 0. The highest BCUT2D eigenvalue weighted by Gasteiger charge is 2.15. The van der Waals surface area contributed by atoms with Gasteiger partial charge in [0, 0.05) is 18.2 Å². The van der Waals surface area contributed by atoms with Crippen molar-refractivity contribution < 1.29 is 19.2 Å². The van der Waals surface area contributed by atoms with E-state index in [0.717, 1.165) is 0 Å². The summed E-state index contributed by atoms with van der Waals surface area (Å²) in [5.74, 6) is 0.0306. The minimum Gasteiger partial charge on any atom is -0.460 e. The fourth-order valence-corrected chi connectivity index (χ4v) is 1.06. The maximum atomic E-state index is 10.7. The van der Waals surface area contributed by atoms with Crippen molar-refractivity contribution in [2.24, 2.45) is 0 Å². The highest BCUT2D eigenvalue weighted by Crippen LogP contribution is 2.27. The molecular formula is C10H11NO5. The summed E-state index contributed by atoms with van der Waals surface area (Å²) in [4.78, 5) is 20.6. The van der Waals surface area contributed by atoms with Gasteiger partial charge in [-0.05, 0) is 19.1 Å². The predicted molar refractivity (Wildman–Crippen MR) is 55.6 cm³/mol. The van der Waals surface area contributed by atoms with E-state index < -0.39 is 4.92 Å². The molecule has 0 N–H and O–H groups in total. The number of aldehydes is 1. The zero-order chi connectivity index (χ0) is 12.0. The quantitative estimate of drug-likeness (QED) is 0.242. The average molecular weight is 225 g/mol. The van der Waals surface area contributed by atoms with Crippen LogP contribution in [0.2, 0.25) is 0 Å². The van der Waals surface area contributed by atoms with Crippen molar-refractivity contribution in [3.8, 4) is 5.75 Å². The van der Waals surface area contributed by atoms with Gasteiger partial charge in [0.2, 0.25) is 5.75 Å². The second-order valence-electron chi connectivity index (χ2n) is 2.86. The zero-order valence-electron chi connectivity index (χ0n) is 8.71. The largest absolute Gasteiger partial charge is 0.460 e. The number of nitrogens with zero attached hydrogens (tertiary/aromatic N) is 1. The minimum atomic E-state index is -0.574. The van der Waals surface area contributed by atoms with Crippen LogP contribution >= 0.6 is 0 Å². The van der Waals surface area contributed by atoms with Gasteiger partial charge in [-0.15, -0.1) is 0 Å². The summed E-state index contributed by atoms with van der Waals surface area (Å²) in [5, 5.41) is 10.7. The maximum Gasteiger partial charge on any atom is 0.311 e. The Morgan fingerprint density at radius 1 is 1.50 bits per heavy atom. The van der Waals surface area contributed by atoms with Crippen molar-refractivity contribution in [1.82, 2.24) is 0 Å². The number of carbonyl (C=O) groups excluding carboxylic acids is 1. The number of nitro benzene ring substituents is 1.